The van der Waals surface area contributed by atoms with Gasteiger partial charge in [-0.2, -0.15) is 9.37 Å². The van der Waals surface area contributed by atoms with Crippen LogP contribution in [0.3, 0.4) is 0 Å². The number of nitrogens with one attached hydrogen (secondary N) is 1. The molecule has 2 N–H and O–H groups in total. The Labute approximate surface area is 242 Å². The van der Waals surface area contributed by atoms with Crippen LogP contribution in [0.5, 0.6) is 11.6 Å². The molecule has 0 spiro atoms. The minimum atomic E-state index is -1.07. The van der Waals surface area contributed by atoms with Crippen molar-refractivity contribution in [3.05, 3.63) is 42.0 Å². The molecule has 0 saturated carbocycles. The van der Waals surface area contributed by atoms with Gasteiger partial charge in [0.2, 0.25) is 5.82 Å². The fourth-order valence-corrected chi connectivity index (χ4v) is 4.60. The topological polar surface area (TPSA) is 118 Å². The molecule has 1 aliphatic heterocycles. The van der Waals surface area contributed by atoms with Gasteiger partial charge in [0.25, 0.3) is 5.88 Å². The number of carbonyl (C=O) groups is 1. The Morgan fingerprint density at radius 2 is 1.93 bits per heavy atom. The molecule has 10 nitrogen and oxygen atoms in total. The molecule has 1 aromatic heterocycles. The van der Waals surface area contributed by atoms with E-state index in [2.05, 4.69) is 20.3 Å². The molecule has 1 saturated heterocycles. The lowest BCUT2D eigenvalue weighted by molar-refractivity contribution is 0.00572. The van der Waals surface area contributed by atoms with Crippen molar-refractivity contribution in [3.8, 4) is 11.6 Å². The van der Waals surface area contributed by atoms with Gasteiger partial charge >= 0.3 is 6.09 Å². The number of nitrogens with zero attached hydrogens (tertiary/aromatic N) is 4. The van der Waals surface area contributed by atoms with Crippen LogP contribution in [0.1, 0.15) is 78.3 Å². The third-order valence-electron chi connectivity index (χ3n) is 7.61. The Balaban J connectivity index is 1.58. The number of aromatic nitrogens is 2. The molecular formula is C30H44FN5O5. The molecule has 226 valence electrons. The van der Waals surface area contributed by atoms with E-state index in [0.717, 1.165) is 5.56 Å². The zero-order chi connectivity index (χ0) is 30.0. The van der Waals surface area contributed by atoms with Crippen LogP contribution in [0.4, 0.5) is 15.0 Å². The predicted molar refractivity (Wildman–Crippen MR) is 156 cm³/mol. The first-order valence-corrected chi connectivity index (χ1v) is 14.4. The predicted octanol–water partition coefficient (Wildman–Crippen LogP) is 5.25. The maximum Gasteiger partial charge on any atom is 0.408 e. The maximum atomic E-state index is 15.1. The van der Waals surface area contributed by atoms with Gasteiger partial charge in [-0.05, 0) is 50.3 Å². The molecular weight excluding hydrogens is 529 g/mol. The minimum absolute atomic E-state index is 0.0693. The van der Waals surface area contributed by atoms with Crippen molar-refractivity contribution in [1.82, 2.24) is 15.3 Å². The zero-order valence-corrected chi connectivity index (χ0v) is 25.0. The second-order valence-electron chi connectivity index (χ2n) is 10.7. The van der Waals surface area contributed by atoms with Gasteiger partial charge in [-0.15, -0.1) is 0 Å². The van der Waals surface area contributed by atoms with Crippen LogP contribution < -0.4 is 19.7 Å². The van der Waals surface area contributed by atoms with E-state index in [4.69, 9.17) is 14.2 Å². The number of aliphatic imine (C=N–C) groups is 1. The van der Waals surface area contributed by atoms with Crippen molar-refractivity contribution in [2.24, 2.45) is 4.99 Å². The first-order valence-electron chi connectivity index (χ1n) is 14.4. The Morgan fingerprint density at radius 1 is 1.22 bits per heavy atom. The lowest BCUT2D eigenvalue weighted by atomic mass is 9.99. The fraction of sp³-hybridized carbons (Fsp3) is 0.600. The highest BCUT2D eigenvalue weighted by molar-refractivity contribution is 5.76. The van der Waals surface area contributed by atoms with Crippen LogP contribution in [-0.4, -0.2) is 71.4 Å². The van der Waals surface area contributed by atoms with Crippen molar-refractivity contribution in [2.45, 2.75) is 90.1 Å². The summed E-state index contributed by atoms with van der Waals surface area (Å²) in [7, 11) is 1.67. The number of hydrogen-bond acceptors (Lipinski definition) is 9. The van der Waals surface area contributed by atoms with Crippen LogP contribution in [0, 0.1) is 5.82 Å². The first kappa shape index (κ1) is 32.0. The molecule has 3 unspecified atom stereocenters. The molecule has 3 rings (SSSR count). The Hall–Kier alpha value is -3.47. The molecule has 1 aromatic carbocycles. The second kappa shape index (κ2) is 14.4. The molecule has 2 heterocycles. The summed E-state index contributed by atoms with van der Waals surface area (Å²) in [6.45, 7) is 10.3. The standard InChI is InChI=1S/C30H44FN5O5/c1-7-24(35-28(37)41-30(9-3,10-4)18-32-6)21-11-13-22(14-12-21)40-23-15-16-36(17-23)26-25(31)27(34-20-33-26)39-19-29(5,38)8-2/h11-14,18,20,23-24,38H,7-10,15-17,19H2,1-6H3,(H,35,37). The summed E-state index contributed by atoms with van der Waals surface area (Å²) in [5.41, 5.74) is -0.857. The normalized spacial score (nSPS) is 17.8. The lowest BCUT2D eigenvalue weighted by Gasteiger charge is -2.28. The highest BCUT2D eigenvalue weighted by Gasteiger charge is 2.31. The highest BCUT2D eigenvalue weighted by atomic mass is 19.1. The van der Waals surface area contributed by atoms with Crippen LogP contribution in [0.25, 0.3) is 0 Å². The number of aliphatic hydroxyl groups is 1. The van der Waals surface area contributed by atoms with Gasteiger partial charge in [-0.25, -0.2) is 9.78 Å². The van der Waals surface area contributed by atoms with Gasteiger partial charge in [-0.1, -0.05) is 39.8 Å². The van der Waals surface area contributed by atoms with E-state index in [1.54, 1.807) is 25.1 Å². The summed E-state index contributed by atoms with van der Waals surface area (Å²) < 4.78 is 32.5. The van der Waals surface area contributed by atoms with E-state index in [9.17, 15) is 9.90 Å². The number of rotatable bonds is 14. The quantitative estimate of drug-likeness (QED) is 0.294. The second-order valence-corrected chi connectivity index (χ2v) is 10.7. The van der Waals surface area contributed by atoms with Crippen molar-refractivity contribution in [3.63, 3.8) is 0 Å². The fourth-order valence-electron chi connectivity index (χ4n) is 4.60. The summed E-state index contributed by atoms with van der Waals surface area (Å²) in [5, 5.41) is 13.1. The molecule has 1 aliphatic rings. The summed E-state index contributed by atoms with van der Waals surface area (Å²) >= 11 is 0. The van der Waals surface area contributed by atoms with Crippen LogP contribution in [-0.2, 0) is 4.74 Å². The van der Waals surface area contributed by atoms with Crippen molar-refractivity contribution in [2.75, 3.05) is 31.6 Å². The zero-order valence-electron chi connectivity index (χ0n) is 25.0. The molecule has 2 aromatic rings. The number of carbonyl (C=O) groups excluding carboxylic acids is 1. The number of amides is 1. The van der Waals surface area contributed by atoms with Crippen molar-refractivity contribution in [1.29, 1.82) is 0 Å². The SMILES string of the molecule is CCC(NC(=O)OC(C=NC)(CC)CC)c1ccc(OC2CCN(c3ncnc(OCC(C)(O)CC)c3F)C2)cc1. The number of ether oxygens (including phenoxy) is 3. The number of anilines is 1. The molecule has 1 fully saturated rings. The summed E-state index contributed by atoms with van der Waals surface area (Å²) in [6, 6.07) is 7.38. The van der Waals surface area contributed by atoms with E-state index in [0.29, 0.717) is 50.9 Å². The summed E-state index contributed by atoms with van der Waals surface area (Å²) in [6.07, 6.45) is 5.42. The number of alkyl carbamates (subject to hydrolysis) is 1. The van der Waals surface area contributed by atoms with E-state index in [-0.39, 0.29) is 30.5 Å². The van der Waals surface area contributed by atoms with Crippen LogP contribution in [0.15, 0.2) is 35.6 Å². The van der Waals surface area contributed by atoms with E-state index in [1.165, 1.54) is 6.33 Å². The van der Waals surface area contributed by atoms with Crippen LogP contribution in [0.2, 0.25) is 0 Å². The Morgan fingerprint density at radius 3 is 2.54 bits per heavy atom. The highest BCUT2D eigenvalue weighted by Crippen LogP contribution is 2.29. The van der Waals surface area contributed by atoms with Crippen LogP contribution >= 0.6 is 0 Å². The summed E-state index contributed by atoms with van der Waals surface area (Å²) in [4.78, 5) is 26.6. The average molecular weight is 574 g/mol. The van der Waals surface area contributed by atoms with Gasteiger partial charge in [0.05, 0.1) is 18.2 Å². The lowest BCUT2D eigenvalue weighted by Crippen LogP contribution is -2.40. The molecule has 0 aliphatic carbocycles. The molecule has 1 amide bonds. The average Bonchev–Trinajstić information content (AvgIpc) is 3.43. The number of hydrogen-bond donors (Lipinski definition) is 2. The Kier molecular flexibility index (Phi) is 11.3. The van der Waals surface area contributed by atoms with Crippen molar-refractivity contribution < 1.29 is 28.5 Å². The third-order valence-corrected chi connectivity index (χ3v) is 7.61. The smallest absolute Gasteiger partial charge is 0.408 e. The van der Waals surface area contributed by atoms with Gasteiger partial charge in [0, 0.05) is 26.2 Å². The first-order chi connectivity index (χ1) is 19.6. The number of benzene rings is 1. The van der Waals surface area contributed by atoms with E-state index < -0.39 is 23.1 Å². The van der Waals surface area contributed by atoms with Gasteiger partial charge < -0.3 is 29.5 Å². The summed E-state index contributed by atoms with van der Waals surface area (Å²) in [5.74, 6) is -0.00258. The van der Waals surface area contributed by atoms with Crippen molar-refractivity contribution >= 4 is 18.1 Å². The maximum absolute atomic E-state index is 15.1. The minimum Gasteiger partial charge on any atom is -0.489 e. The molecule has 0 bridgehead atoms. The van der Waals surface area contributed by atoms with E-state index >= 15 is 4.39 Å². The largest absolute Gasteiger partial charge is 0.489 e. The van der Waals surface area contributed by atoms with Gasteiger partial charge in [-0.3, -0.25) is 4.99 Å². The van der Waals surface area contributed by atoms with Gasteiger partial charge in [0.15, 0.2) is 5.82 Å². The van der Waals surface area contributed by atoms with Gasteiger partial charge in [0.1, 0.15) is 30.4 Å². The molecule has 11 heteroatoms. The molecule has 3 atom stereocenters. The monoisotopic (exact) mass is 573 g/mol. The third kappa shape index (κ3) is 8.51. The molecule has 0 radical (unpaired) electrons. The van der Waals surface area contributed by atoms with E-state index in [1.807, 2.05) is 52.0 Å². The number of halogens is 1. The molecule has 41 heavy (non-hydrogen) atoms. The Bertz CT molecular complexity index is 1160.